The van der Waals surface area contributed by atoms with Crippen molar-refractivity contribution in [2.75, 3.05) is 19.6 Å². The number of unbranched alkanes of at least 4 members (excludes halogenated alkanes) is 1. The van der Waals surface area contributed by atoms with Gasteiger partial charge in [-0.25, -0.2) is 4.79 Å². The van der Waals surface area contributed by atoms with E-state index in [1.54, 1.807) is 0 Å². The summed E-state index contributed by atoms with van der Waals surface area (Å²) in [5.74, 6) is -0.0209. The lowest BCUT2D eigenvalue weighted by molar-refractivity contribution is -0.132. The highest BCUT2D eigenvalue weighted by Crippen LogP contribution is 2.26. The number of nitrogens with zero attached hydrogens (tertiary/aromatic N) is 1. The number of amides is 3. The molecule has 2 aliphatic rings. The molecule has 2 rings (SSSR count). The predicted octanol–water partition coefficient (Wildman–Crippen LogP) is 0.460. The fraction of sp³-hybridized carbons (Fsp3) is 0.818. The van der Waals surface area contributed by atoms with Gasteiger partial charge < -0.3 is 10.6 Å². The molecule has 0 bridgehead atoms. The average molecular weight is 225 g/mol. The van der Waals surface area contributed by atoms with Gasteiger partial charge in [0.2, 0.25) is 0 Å². The van der Waals surface area contributed by atoms with Gasteiger partial charge in [0.1, 0.15) is 5.54 Å². The maximum Gasteiger partial charge on any atom is 0.325 e. The number of carbonyl (C=O) groups excluding carboxylic acids is 2. The minimum Gasteiger partial charge on any atom is -0.323 e. The van der Waals surface area contributed by atoms with Crippen LogP contribution in [0, 0.1) is 0 Å². The zero-order chi connectivity index (χ0) is 11.6. The van der Waals surface area contributed by atoms with Crippen LogP contribution >= 0.6 is 0 Å². The maximum absolute atomic E-state index is 12.2. The molecule has 0 atom stereocenters. The molecule has 3 amide bonds. The second kappa shape index (κ2) is 4.41. The zero-order valence-electron chi connectivity index (χ0n) is 9.71. The minimum absolute atomic E-state index is 0.0209. The highest BCUT2D eigenvalue weighted by atomic mass is 16.2. The topological polar surface area (TPSA) is 61.4 Å². The summed E-state index contributed by atoms with van der Waals surface area (Å²) in [6, 6.07) is -0.208. The highest BCUT2D eigenvalue weighted by molar-refractivity contribution is 6.07. The first-order chi connectivity index (χ1) is 7.69. The summed E-state index contributed by atoms with van der Waals surface area (Å²) >= 11 is 0. The van der Waals surface area contributed by atoms with Gasteiger partial charge in [-0.15, -0.1) is 0 Å². The zero-order valence-corrected chi connectivity index (χ0v) is 9.71. The smallest absolute Gasteiger partial charge is 0.323 e. The van der Waals surface area contributed by atoms with Crippen molar-refractivity contribution in [3.05, 3.63) is 0 Å². The Morgan fingerprint density at radius 2 is 2.00 bits per heavy atom. The third-order valence-electron chi connectivity index (χ3n) is 3.44. The van der Waals surface area contributed by atoms with Gasteiger partial charge in [0.25, 0.3) is 5.91 Å². The number of nitrogens with one attached hydrogen (secondary N) is 2. The summed E-state index contributed by atoms with van der Waals surface area (Å²) in [6.45, 7) is 4.20. The molecule has 0 aromatic heterocycles. The molecule has 0 saturated carbocycles. The molecular formula is C11H19N3O2. The van der Waals surface area contributed by atoms with Crippen LogP contribution in [0.25, 0.3) is 0 Å². The van der Waals surface area contributed by atoms with Crippen LogP contribution in [0.15, 0.2) is 0 Å². The monoisotopic (exact) mass is 225 g/mol. The molecule has 5 heteroatoms. The number of carbonyl (C=O) groups is 2. The number of urea groups is 1. The molecule has 16 heavy (non-hydrogen) atoms. The molecule has 5 nitrogen and oxygen atoms in total. The van der Waals surface area contributed by atoms with E-state index in [0.717, 1.165) is 25.9 Å². The van der Waals surface area contributed by atoms with Crippen LogP contribution in [0.5, 0.6) is 0 Å². The SMILES string of the molecule is CCCCN1C(=O)NC2(CCNCC2)C1=O. The molecule has 2 heterocycles. The van der Waals surface area contributed by atoms with E-state index in [1.165, 1.54) is 4.90 Å². The third kappa shape index (κ3) is 1.80. The van der Waals surface area contributed by atoms with Gasteiger partial charge in [-0.2, -0.15) is 0 Å². The van der Waals surface area contributed by atoms with Crippen molar-refractivity contribution in [1.29, 1.82) is 0 Å². The van der Waals surface area contributed by atoms with Gasteiger partial charge in [-0.1, -0.05) is 13.3 Å². The Balaban J connectivity index is 2.08. The molecule has 0 radical (unpaired) electrons. The van der Waals surface area contributed by atoms with Gasteiger partial charge in [-0.3, -0.25) is 9.69 Å². The normalized spacial score (nSPS) is 23.9. The Hall–Kier alpha value is -1.10. The van der Waals surface area contributed by atoms with E-state index in [1.807, 2.05) is 0 Å². The van der Waals surface area contributed by atoms with Crippen molar-refractivity contribution in [1.82, 2.24) is 15.5 Å². The third-order valence-corrected chi connectivity index (χ3v) is 3.44. The van der Waals surface area contributed by atoms with E-state index in [2.05, 4.69) is 17.6 Å². The van der Waals surface area contributed by atoms with E-state index in [4.69, 9.17) is 0 Å². The lowest BCUT2D eigenvalue weighted by atomic mass is 9.88. The van der Waals surface area contributed by atoms with Crippen LogP contribution in [-0.4, -0.2) is 42.0 Å². The second-order valence-corrected chi connectivity index (χ2v) is 4.57. The van der Waals surface area contributed by atoms with Crippen molar-refractivity contribution in [3.63, 3.8) is 0 Å². The van der Waals surface area contributed by atoms with Crippen LogP contribution in [-0.2, 0) is 4.79 Å². The van der Waals surface area contributed by atoms with Gasteiger partial charge in [0.15, 0.2) is 0 Å². The predicted molar refractivity (Wildman–Crippen MR) is 60.0 cm³/mol. The first-order valence-corrected chi connectivity index (χ1v) is 6.04. The summed E-state index contributed by atoms with van der Waals surface area (Å²) in [5, 5.41) is 6.08. The van der Waals surface area contributed by atoms with Gasteiger partial charge in [0.05, 0.1) is 0 Å². The molecular weight excluding hydrogens is 206 g/mol. The van der Waals surface area contributed by atoms with Crippen molar-refractivity contribution in [3.8, 4) is 0 Å². The molecule has 0 aromatic rings. The Kier molecular flexibility index (Phi) is 3.14. The molecule has 0 unspecified atom stereocenters. The lowest BCUT2D eigenvalue weighted by Crippen LogP contribution is -2.53. The fourth-order valence-electron chi connectivity index (χ4n) is 2.39. The minimum atomic E-state index is -0.601. The summed E-state index contributed by atoms with van der Waals surface area (Å²) in [7, 11) is 0. The Morgan fingerprint density at radius 3 is 2.62 bits per heavy atom. The standard InChI is InChI=1S/C11H19N3O2/c1-2-3-8-14-9(15)11(13-10(14)16)4-6-12-7-5-11/h12H,2-8H2,1H3,(H,13,16). The van der Waals surface area contributed by atoms with Crippen LogP contribution in [0.3, 0.4) is 0 Å². The molecule has 2 saturated heterocycles. The van der Waals surface area contributed by atoms with Crippen molar-refractivity contribution >= 4 is 11.9 Å². The van der Waals surface area contributed by atoms with E-state index in [0.29, 0.717) is 19.4 Å². The molecule has 0 aliphatic carbocycles. The van der Waals surface area contributed by atoms with E-state index < -0.39 is 5.54 Å². The largest absolute Gasteiger partial charge is 0.325 e. The fourth-order valence-corrected chi connectivity index (χ4v) is 2.39. The van der Waals surface area contributed by atoms with E-state index >= 15 is 0 Å². The van der Waals surface area contributed by atoms with E-state index in [9.17, 15) is 9.59 Å². The lowest BCUT2D eigenvalue weighted by Gasteiger charge is -2.31. The quantitative estimate of drug-likeness (QED) is 0.686. The Bertz CT molecular complexity index is 298. The maximum atomic E-state index is 12.2. The first-order valence-electron chi connectivity index (χ1n) is 6.04. The Labute approximate surface area is 95.6 Å². The van der Waals surface area contributed by atoms with Crippen molar-refractivity contribution < 1.29 is 9.59 Å². The van der Waals surface area contributed by atoms with Crippen LogP contribution in [0.1, 0.15) is 32.6 Å². The second-order valence-electron chi connectivity index (χ2n) is 4.57. The van der Waals surface area contributed by atoms with Crippen LogP contribution in [0.4, 0.5) is 4.79 Å². The Morgan fingerprint density at radius 1 is 1.31 bits per heavy atom. The summed E-state index contributed by atoms with van der Waals surface area (Å²) in [6.07, 6.45) is 3.29. The van der Waals surface area contributed by atoms with Gasteiger partial charge in [-0.05, 0) is 32.4 Å². The number of rotatable bonds is 3. The number of hydrogen-bond acceptors (Lipinski definition) is 3. The molecule has 1 spiro atoms. The molecule has 2 N–H and O–H groups in total. The van der Waals surface area contributed by atoms with Crippen molar-refractivity contribution in [2.45, 2.75) is 38.1 Å². The molecule has 0 aromatic carbocycles. The summed E-state index contributed by atoms with van der Waals surface area (Å²) in [5.41, 5.74) is -0.601. The number of imide groups is 1. The summed E-state index contributed by atoms with van der Waals surface area (Å²) < 4.78 is 0. The first kappa shape index (κ1) is 11.4. The van der Waals surface area contributed by atoms with Crippen molar-refractivity contribution in [2.24, 2.45) is 0 Å². The molecule has 90 valence electrons. The van der Waals surface area contributed by atoms with E-state index in [-0.39, 0.29) is 11.9 Å². The highest BCUT2D eigenvalue weighted by Gasteiger charge is 2.50. The number of hydrogen-bond donors (Lipinski definition) is 2. The van der Waals surface area contributed by atoms with Crippen LogP contribution in [0.2, 0.25) is 0 Å². The van der Waals surface area contributed by atoms with Gasteiger partial charge >= 0.3 is 6.03 Å². The average Bonchev–Trinajstić information content (AvgIpc) is 2.50. The summed E-state index contributed by atoms with van der Waals surface area (Å²) in [4.78, 5) is 25.3. The molecule has 2 fully saturated rings. The molecule has 2 aliphatic heterocycles. The van der Waals surface area contributed by atoms with Gasteiger partial charge in [0, 0.05) is 6.54 Å². The number of piperidine rings is 1. The van der Waals surface area contributed by atoms with Crippen LogP contribution < -0.4 is 10.6 Å².